The molecular formula is C11H14N4O3S2. The Hall–Kier alpha value is -1.48. The lowest BCUT2D eigenvalue weighted by atomic mass is 10.4. The minimum atomic E-state index is -0.380. The minimum absolute atomic E-state index is 0.201. The van der Waals surface area contributed by atoms with Gasteiger partial charge in [0.15, 0.2) is 5.82 Å². The second-order valence-electron chi connectivity index (χ2n) is 3.97. The van der Waals surface area contributed by atoms with Crippen LogP contribution in [0.4, 0.5) is 5.82 Å². The Kier molecular flexibility index (Phi) is 5.07. The third-order valence-electron chi connectivity index (χ3n) is 2.24. The summed E-state index contributed by atoms with van der Waals surface area (Å²) in [5, 5.41) is 14.1. The van der Waals surface area contributed by atoms with Gasteiger partial charge in [-0.05, 0) is 20.1 Å². The molecule has 0 radical (unpaired) electrons. The average Bonchev–Trinajstić information content (AvgIpc) is 2.99. The summed E-state index contributed by atoms with van der Waals surface area (Å²) in [4.78, 5) is 12.0. The standard InChI is InChI=1S/C11H14N4O3S2/c1-6-4-8(15-18-6)12-10(16)7(2)20-11-14-13-9(17-11)5-19-3/h4,7H,5H2,1-3H3,(H,12,15,16)/t7-/m0/s1. The molecule has 0 aromatic carbocycles. The number of amides is 1. The van der Waals surface area contributed by atoms with Crippen molar-refractivity contribution in [1.29, 1.82) is 0 Å². The van der Waals surface area contributed by atoms with Gasteiger partial charge in [-0.3, -0.25) is 4.79 Å². The number of thioether (sulfide) groups is 2. The van der Waals surface area contributed by atoms with Crippen molar-refractivity contribution in [2.75, 3.05) is 11.6 Å². The first-order valence-electron chi connectivity index (χ1n) is 5.80. The quantitative estimate of drug-likeness (QED) is 0.812. The molecule has 2 aromatic heterocycles. The van der Waals surface area contributed by atoms with Crippen molar-refractivity contribution in [3.8, 4) is 0 Å². The van der Waals surface area contributed by atoms with Crippen LogP contribution in [0.15, 0.2) is 20.2 Å². The molecule has 0 aliphatic rings. The zero-order chi connectivity index (χ0) is 14.5. The van der Waals surface area contributed by atoms with Crippen LogP contribution in [-0.4, -0.2) is 32.8 Å². The Balaban J connectivity index is 1.89. The summed E-state index contributed by atoms with van der Waals surface area (Å²) in [6.45, 7) is 3.51. The molecule has 0 fully saturated rings. The number of carbonyl (C=O) groups is 1. The number of rotatable bonds is 6. The van der Waals surface area contributed by atoms with Crippen LogP contribution in [0.1, 0.15) is 18.6 Å². The molecule has 2 aromatic rings. The van der Waals surface area contributed by atoms with E-state index < -0.39 is 0 Å². The number of nitrogens with one attached hydrogen (secondary N) is 1. The summed E-state index contributed by atoms with van der Waals surface area (Å²) in [5.41, 5.74) is 0. The molecule has 0 bridgehead atoms. The predicted molar refractivity (Wildman–Crippen MR) is 76.7 cm³/mol. The Bertz CT molecular complexity index is 584. The fraction of sp³-hybridized carbons (Fsp3) is 0.455. The molecule has 9 heteroatoms. The van der Waals surface area contributed by atoms with E-state index in [1.165, 1.54) is 11.8 Å². The van der Waals surface area contributed by atoms with Crippen molar-refractivity contribution in [3.05, 3.63) is 17.7 Å². The fourth-order valence-corrected chi connectivity index (χ4v) is 2.39. The van der Waals surface area contributed by atoms with Crippen molar-refractivity contribution >= 4 is 35.2 Å². The zero-order valence-electron chi connectivity index (χ0n) is 11.2. The molecule has 7 nitrogen and oxygen atoms in total. The summed E-state index contributed by atoms with van der Waals surface area (Å²) in [7, 11) is 0. The highest BCUT2D eigenvalue weighted by Gasteiger charge is 2.19. The second-order valence-corrected chi connectivity index (χ2v) is 6.12. The van der Waals surface area contributed by atoms with Crippen LogP contribution in [0.5, 0.6) is 0 Å². The van der Waals surface area contributed by atoms with Crippen molar-refractivity contribution in [2.24, 2.45) is 0 Å². The van der Waals surface area contributed by atoms with E-state index in [1.807, 2.05) is 6.26 Å². The highest BCUT2D eigenvalue weighted by atomic mass is 32.2. The van der Waals surface area contributed by atoms with Gasteiger partial charge in [0, 0.05) is 6.07 Å². The first-order chi connectivity index (χ1) is 9.58. The first-order valence-corrected chi connectivity index (χ1v) is 8.08. The van der Waals surface area contributed by atoms with E-state index >= 15 is 0 Å². The van der Waals surface area contributed by atoms with Crippen LogP contribution in [0.3, 0.4) is 0 Å². The second kappa shape index (κ2) is 6.80. The van der Waals surface area contributed by atoms with Gasteiger partial charge in [0.25, 0.3) is 5.22 Å². The summed E-state index contributed by atoms with van der Waals surface area (Å²) in [5.74, 6) is 2.05. The van der Waals surface area contributed by atoms with E-state index in [0.29, 0.717) is 28.4 Å². The number of aryl methyl sites for hydroxylation is 1. The van der Waals surface area contributed by atoms with Gasteiger partial charge < -0.3 is 14.3 Å². The molecule has 0 unspecified atom stereocenters. The van der Waals surface area contributed by atoms with Gasteiger partial charge in [-0.2, -0.15) is 11.8 Å². The molecule has 108 valence electrons. The van der Waals surface area contributed by atoms with Crippen LogP contribution < -0.4 is 5.32 Å². The number of carbonyl (C=O) groups excluding carboxylic acids is 1. The van der Waals surface area contributed by atoms with Gasteiger partial charge in [0.2, 0.25) is 11.8 Å². The molecule has 1 atom stereocenters. The van der Waals surface area contributed by atoms with Gasteiger partial charge in [-0.1, -0.05) is 16.9 Å². The van der Waals surface area contributed by atoms with E-state index in [1.54, 1.807) is 31.7 Å². The third-order valence-corrected chi connectivity index (χ3v) is 3.71. The van der Waals surface area contributed by atoms with E-state index in [2.05, 4.69) is 20.7 Å². The molecule has 0 aliphatic heterocycles. The lowest BCUT2D eigenvalue weighted by Gasteiger charge is -2.06. The average molecular weight is 314 g/mol. The van der Waals surface area contributed by atoms with Crippen LogP contribution >= 0.6 is 23.5 Å². The molecule has 0 aliphatic carbocycles. The number of anilines is 1. The number of hydrogen-bond donors (Lipinski definition) is 1. The van der Waals surface area contributed by atoms with Crippen LogP contribution in [-0.2, 0) is 10.5 Å². The normalized spacial score (nSPS) is 12.3. The van der Waals surface area contributed by atoms with Crippen molar-refractivity contribution in [1.82, 2.24) is 15.4 Å². The summed E-state index contributed by atoms with van der Waals surface area (Å²) >= 11 is 2.80. The number of nitrogens with zero attached hydrogens (tertiary/aromatic N) is 3. The molecule has 1 N–H and O–H groups in total. The van der Waals surface area contributed by atoms with E-state index in [0.717, 1.165) is 0 Å². The summed E-state index contributed by atoms with van der Waals surface area (Å²) in [6.07, 6.45) is 1.95. The Morgan fingerprint density at radius 1 is 1.50 bits per heavy atom. The molecule has 20 heavy (non-hydrogen) atoms. The minimum Gasteiger partial charge on any atom is -0.415 e. The topological polar surface area (TPSA) is 94.1 Å². The first kappa shape index (κ1) is 14.9. The summed E-state index contributed by atoms with van der Waals surface area (Å²) in [6, 6.07) is 1.65. The third kappa shape index (κ3) is 4.01. The Morgan fingerprint density at radius 2 is 2.30 bits per heavy atom. The maximum absolute atomic E-state index is 12.0. The van der Waals surface area contributed by atoms with Crippen LogP contribution in [0.25, 0.3) is 0 Å². The van der Waals surface area contributed by atoms with Gasteiger partial charge in [-0.15, -0.1) is 10.2 Å². The molecule has 0 saturated carbocycles. The van der Waals surface area contributed by atoms with Gasteiger partial charge >= 0.3 is 0 Å². The van der Waals surface area contributed by atoms with Gasteiger partial charge in [0.05, 0.1) is 11.0 Å². The highest BCUT2D eigenvalue weighted by Crippen LogP contribution is 2.23. The van der Waals surface area contributed by atoms with Gasteiger partial charge in [-0.25, -0.2) is 0 Å². The number of hydrogen-bond acceptors (Lipinski definition) is 8. The Morgan fingerprint density at radius 3 is 2.95 bits per heavy atom. The molecule has 2 rings (SSSR count). The van der Waals surface area contributed by atoms with E-state index in [4.69, 9.17) is 8.94 Å². The molecule has 1 amide bonds. The SMILES string of the molecule is CSCc1nnc(S[C@@H](C)C(=O)Nc2cc(C)on2)o1. The molecule has 0 spiro atoms. The predicted octanol–water partition coefficient (Wildman–Crippen LogP) is 2.35. The van der Waals surface area contributed by atoms with Crippen LogP contribution in [0.2, 0.25) is 0 Å². The van der Waals surface area contributed by atoms with Crippen LogP contribution in [0, 0.1) is 6.92 Å². The molecular weight excluding hydrogens is 300 g/mol. The fourth-order valence-electron chi connectivity index (χ4n) is 1.33. The Labute approximate surface area is 124 Å². The number of aromatic nitrogens is 3. The van der Waals surface area contributed by atoms with Crippen molar-refractivity contribution in [2.45, 2.75) is 30.1 Å². The van der Waals surface area contributed by atoms with Crippen molar-refractivity contribution < 1.29 is 13.7 Å². The molecule has 0 saturated heterocycles. The van der Waals surface area contributed by atoms with E-state index in [-0.39, 0.29) is 11.2 Å². The zero-order valence-corrected chi connectivity index (χ0v) is 12.9. The molecule has 2 heterocycles. The summed E-state index contributed by atoms with van der Waals surface area (Å²) < 4.78 is 10.3. The van der Waals surface area contributed by atoms with E-state index in [9.17, 15) is 4.79 Å². The largest absolute Gasteiger partial charge is 0.415 e. The highest BCUT2D eigenvalue weighted by molar-refractivity contribution is 8.00. The smallest absolute Gasteiger partial charge is 0.277 e. The monoisotopic (exact) mass is 314 g/mol. The van der Waals surface area contributed by atoms with Gasteiger partial charge in [0.1, 0.15) is 5.76 Å². The maximum atomic E-state index is 12.0. The maximum Gasteiger partial charge on any atom is 0.277 e. The lowest BCUT2D eigenvalue weighted by Crippen LogP contribution is -2.22. The lowest BCUT2D eigenvalue weighted by molar-refractivity contribution is -0.115. The van der Waals surface area contributed by atoms with Crippen molar-refractivity contribution in [3.63, 3.8) is 0 Å².